The molecule has 2 rings (SSSR count). The molecule has 0 aromatic carbocycles. The first-order valence-electron chi connectivity index (χ1n) is 4.50. The highest BCUT2D eigenvalue weighted by Gasteiger charge is 2.49. The Labute approximate surface area is 68.5 Å². The normalized spacial score (nSPS) is 30.5. The fourth-order valence-electron chi connectivity index (χ4n) is 2.19. The van der Waals surface area contributed by atoms with E-state index < -0.39 is 0 Å². The van der Waals surface area contributed by atoms with Gasteiger partial charge in [-0.3, -0.25) is 0 Å². The molecule has 0 atom stereocenters. The van der Waals surface area contributed by atoms with E-state index >= 15 is 0 Å². The maximum Gasteiger partial charge on any atom is 0.170 e. The van der Waals surface area contributed by atoms with Gasteiger partial charge in [-0.1, -0.05) is 0 Å². The molecule has 2 aliphatic rings. The van der Waals surface area contributed by atoms with E-state index in [1.807, 2.05) is 0 Å². The van der Waals surface area contributed by atoms with Crippen molar-refractivity contribution >= 4 is 6.72 Å². The summed E-state index contributed by atoms with van der Waals surface area (Å²) in [4.78, 5) is 2.41. The van der Waals surface area contributed by atoms with Crippen molar-refractivity contribution in [2.24, 2.45) is 0 Å². The standard InChI is InChI=1S/C9H17N2/c1-10-6-3-9(4-7-10)5-8-11(9)2/h2-8H2,1H3/q+1. The number of hydrogen-bond acceptors (Lipinski definition) is 1. The van der Waals surface area contributed by atoms with Crippen LogP contribution in [0.15, 0.2) is 0 Å². The molecule has 0 aromatic rings. The number of piperidine rings is 1. The van der Waals surface area contributed by atoms with Crippen molar-refractivity contribution in [1.82, 2.24) is 4.90 Å². The minimum atomic E-state index is 0.520. The molecule has 2 heterocycles. The van der Waals surface area contributed by atoms with Crippen LogP contribution in [0.3, 0.4) is 0 Å². The van der Waals surface area contributed by atoms with Crippen LogP contribution >= 0.6 is 0 Å². The molecule has 0 aliphatic carbocycles. The summed E-state index contributed by atoms with van der Waals surface area (Å²) in [6.45, 7) is 7.78. The Hall–Kier alpha value is -0.370. The summed E-state index contributed by atoms with van der Waals surface area (Å²) in [6, 6.07) is 0. The minimum Gasteiger partial charge on any atom is -0.306 e. The van der Waals surface area contributed by atoms with Crippen LogP contribution in [0.5, 0.6) is 0 Å². The molecule has 11 heavy (non-hydrogen) atoms. The van der Waals surface area contributed by atoms with Crippen molar-refractivity contribution in [3.63, 3.8) is 0 Å². The maximum absolute atomic E-state index is 4.06. The average molecular weight is 153 g/mol. The zero-order valence-corrected chi connectivity index (χ0v) is 7.34. The second-order valence-corrected chi connectivity index (χ2v) is 4.04. The lowest BCUT2D eigenvalue weighted by atomic mass is 9.78. The largest absolute Gasteiger partial charge is 0.306 e. The first kappa shape index (κ1) is 7.29. The Balaban J connectivity index is 2.01. The molecule has 2 saturated heterocycles. The molecule has 1 spiro atoms. The van der Waals surface area contributed by atoms with Crippen LogP contribution in [0, 0.1) is 0 Å². The van der Waals surface area contributed by atoms with Gasteiger partial charge in [0, 0.05) is 25.9 Å². The van der Waals surface area contributed by atoms with Crippen molar-refractivity contribution in [3.8, 4) is 0 Å². The Morgan fingerprint density at radius 2 is 1.91 bits per heavy atom. The Morgan fingerprint density at radius 3 is 2.27 bits per heavy atom. The summed E-state index contributed by atoms with van der Waals surface area (Å²) in [5, 5.41) is 0. The SMILES string of the molecule is C=[N+]1CCC12CCN(C)CC2. The first-order valence-corrected chi connectivity index (χ1v) is 4.50. The molecule has 0 amide bonds. The van der Waals surface area contributed by atoms with Crippen molar-refractivity contribution in [1.29, 1.82) is 0 Å². The van der Waals surface area contributed by atoms with Crippen LogP contribution in [0.4, 0.5) is 0 Å². The first-order chi connectivity index (χ1) is 5.23. The summed E-state index contributed by atoms with van der Waals surface area (Å²) >= 11 is 0. The summed E-state index contributed by atoms with van der Waals surface area (Å²) in [5.74, 6) is 0. The molecule has 0 radical (unpaired) electrons. The number of rotatable bonds is 0. The van der Waals surface area contributed by atoms with Gasteiger partial charge in [-0.05, 0) is 7.05 Å². The predicted octanol–water partition coefficient (Wildman–Crippen LogP) is 0.568. The van der Waals surface area contributed by atoms with E-state index in [4.69, 9.17) is 0 Å². The van der Waals surface area contributed by atoms with Gasteiger partial charge in [0.25, 0.3) is 0 Å². The summed E-state index contributed by atoms with van der Waals surface area (Å²) in [6.07, 6.45) is 4.03. The zero-order chi connectivity index (χ0) is 7.90. The molecule has 62 valence electrons. The van der Waals surface area contributed by atoms with Crippen LogP contribution < -0.4 is 0 Å². The highest BCUT2D eigenvalue weighted by Crippen LogP contribution is 2.35. The number of hydrogen-bond donors (Lipinski definition) is 0. The second-order valence-electron chi connectivity index (χ2n) is 4.04. The molecular weight excluding hydrogens is 136 g/mol. The molecule has 0 bridgehead atoms. The van der Waals surface area contributed by atoms with Gasteiger partial charge in [-0.25, -0.2) is 4.58 Å². The number of likely N-dealkylation sites (tertiary alicyclic amines) is 1. The quantitative estimate of drug-likeness (QED) is 0.461. The second kappa shape index (κ2) is 2.31. The maximum atomic E-state index is 4.06. The molecule has 2 heteroatoms. The lowest BCUT2D eigenvalue weighted by molar-refractivity contribution is -0.669. The zero-order valence-electron chi connectivity index (χ0n) is 7.34. The van der Waals surface area contributed by atoms with Crippen LogP contribution in [-0.4, -0.2) is 48.4 Å². The van der Waals surface area contributed by atoms with Crippen LogP contribution in [-0.2, 0) is 0 Å². The van der Waals surface area contributed by atoms with Crippen LogP contribution in [0.1, 0.15) is 19.3 Å². The predicted molar refractivity (Wildman–Crippen MR) is 46.3 cm³/mol. The van der Waals surface area contributed by atoms with Crippen molar-refractivity contribution < 1.29 is 4.58 Å². The molecule has 2 fully saturated rings. The average Bonchev–Trinajstić information content (AvgIpc) is 2.03. The van der Waals surface area contributed by atoms with E-state index in [0.29, 0.717) is 5.54 Å². The summed E-state index contributed by atoms with van der Waals surface area (Å²) in [7, 11) is 2.21. The molecule has 0 unspecified atom stereocenters. The van der Waals surface area contributed by atoms with E-state index in [1.165, 1.54) is 38.9 Å². The van der Waals surface area contributed by atoms with E-state index in [2.05, 4.69) is 23.2 Å². The van der Waals surface area contributed by atoms with Gasteiger partial charge in [0.15, 0.2) is 5.54 Å². The van der Waals surface area contributed by atoms with Gasteiger partial charge in [0.1, 0.15) is 13.3 Å². The monoisotopic (exact) mass is 153 g/mol. The van der Waals surface area contributed by atoms with Crippen molar-refractivity contribution in [2.45, 2.75) is 24.8 Å². The van der Waals surface area contributed by atoms with E-state index in [-0.39, 0.29) is 0 Å². The fourth-order valence-corrected chi connectivity index (χ4v) is 2.19. The fraction of sp³-hybridized carbons (Fsp3) is 0.889. The Bertz CT molecular complexity index is 178. The highest BCUT2D eigenvalue weighted by atomic mass is 15.2. The lowest BCUT2D eigenvalue weighted by Crippen LogP contribution is -2.58. The Kier molecular flexibility index (Phi) is 1.53. The smallest absolute Gasteiger partial charge is 0.170 e. The van der Waals surface area contributed by atoms with Crippen LogP contribution in [0.2, 0.25) is 0 Å². The van der Waals surface area contributed by atoms with Gasteiger partial charge in [-0.2, -0.15) is 0 Å². The molecular formula is C9H17N2+. The van der Waals surface area contributed by atoms with Crippen LogP contribution in [0.25, 0.3) is 0 Å². The van der Waals surface area contributed by atoms with Gasteiger partial charge in [0.05, 0.1) is 6.42 Å². The van der Waals surface area contributed by atoms with Gasteiger partial charge < -0.3 is 4.90 Å². The molecule has 2 nitrogen and oxygen atoms in total. The third kappa shape index (κ3) is 1.00. The minimum absolute atomic E-state index is 0.520. The van der Waals surface area contributed by atoms with Gasteiger partial charge in [0.2, 0.25) is 0 Å². The van der Waals surface area contributed by atoms with Crippen molar-refractivity contribution in [2.75, 3.05) is 26.7 Å². The summed E-state index contributed by atoms with van der Waals surface area (Å²) in [5.41, 5.74) is 0.520. The third-order valence-electron chi connectivity index (χ3n) is 3.44. The molecule has 0 aromatic heterocycles. The third-order valence-corrected chi connectivity index (χ3v) is 3.44. The topological polar surface area (TPSA) is 6.25 Å². The van der Waals surface area contributed by atoms with Gasteiger partial charge >= 0.3 is 0 Å². The molecule has 0 saturated carbocycles. The molecule has 0 N–H and O–H groups in total. The highest BCUT2D eigenvalue weighted by molar-refractivity contribution is 5.17. The van der Waals surface area contributed by atoms with E-state index in [1.54, 1.807) is 0 Å². The number of nitrogens with zero attached hydrogens (tertiary/aromatic N) is 2. The van der Waals surface area contributed by atoms with E-state index in [9.17, 15) is 0 Å². The lowest BCUT2D eigenvalue weighted by Gasteiger charge is -2.42. The van der Waals surface area contributed by atoms with Crippen molar-refractivity contribution in [3.05, 3.63) is 0 Å². The molecule has 2 aliphatic heterocycles. The summed E-state index contributed by atoms with van der Waals surface area (Å²) < 4.78 is 2.29. The van der Waals surface area contributed by atoms with E-state index in [0.717, 1.165) is 0 Å². The Morgan fingerprint density at radius 1 is 1.27 bits per heavy atom. The van der Waals surface area contributed by atoms with Gasteiger partial charge in [-0.15, -0.1) is 0 Å².